The molecule has 1 aliphatic rings. The fraction of sp³-hybridized carbons (Fsp3) is 0.600. The summed E-state index contributed by atoms with van der Waals surface area (Å²) < 4.78 is 39.5. The zero-order valence-corrected chi connectivity index (χ0v) is 13.2. The molecule has 2 atom stereocenters. The molecule has 1 aliphatic heterocycles. The predicted molar refractivity (Wildman–Crippen MR) is 81.8 cm³/mol. The number of likely N-dealkylation sites (tertiary alicyclic amines) is 1. The zero-order valence-electron chi connectivity index (χ0n) is 13.2. The third-order valence-corrected chi connectivity index (χ3v) is 3.96. The van der Waals surface area contributed by atoms with E-state index >= 15 is 0 Å². The number of rotatable bonds is 4. The number of urea groups is 1. The van der Waals surface area contributed by atoms with Crippen molar-refractivity contribution >= 4 is 11.7 Å². The normalized spacial score (nSPS) is 19.4. The van der Waals surface area contributed by atoms with Gasteiger partial charge in [-0.25, -0.2) is 4.79 Å². The van der Waals surface area contributed by atoms with Gasteiger partial charge in [-0.05, 0) is 25.3 Å². The average molecular weight is 347 g/mol. The van der Waals surface area contributed by atoms with Gasteiger partial charge >= 0.3 is 12.2 Å². The predicted octanol–water partition coefficient (Wildman–Crippen LogP) is 2.18. The van der Waals surface area contributed by atoms with E-state index in [2.05, 4.69) is 5.32 Å². The topological polar surface area (TPSA) is 74.6 Å². The molecule has 0 aliphatic carbocycles. The van der Waals surface area contributed by atoms with Crippen molar-refractivity contribution in [2.24, 2.45) is 0 Å². The van der Waals surface area contributed by atoms with Crippen molar-refractivity contribution in [2.45, 2.75) is 51.1 Å². The van der Waals surface area contributed by atoms with E-state index < -0.39 is 24.4 Å². The summed E-state index contributed by atoms with van der Waals surface area (Å²) in [7, 11) is 0. The Bertz CT molecular complexity index is 645. The second kappa shape index (κ2) is 7.25. The minimum absolute atomic E-state index is 0.0867. The number of hydrogen-bond donors (Lipinski definition) is 2. The number of aliphatic hydroxyl groups is 1. The fourth-order valence-electron chi connectivity index (χ4n) is 2.81. The number of halogens is 3. The van der Waals surface area contributed by atoms with E-state index in [1.165, 1.54) is 22.9 Å². The Morgan fingerprint density at radius 3 is 2.79 bits per heavy atom. The summed E-state index contributed by atoms with van der Waals surface area (Å²) in [5, 5.41) is 11.9. The molecule has 2 N–H and O–H groups in total. The standard InChI is InChI=1S/C15H20F3N3O3/c1-2-7-20-9-10(5-6-12(20)22)19-14(24)21-8-3-4-11(21)13(23)15(16,17)18/h5-6,9,11,13,23H,2-4,7-8H2,1H3,(H,19,24)/t11-,13+/m1/s1. The lowest BCUT2D eigenvalue weighted by Gasteiger charge is -2.29. The van der Waals surface area contributed by atoms with Gasteiger partial charge in [-0.15, -0.1) is 0 Å². The van der Waals surface area contributed by atoms with Gasteiger partial charge in [0.05, 0.1) is 11.7 Å². The molecule has 6 nitrogen and oxygen atoms in total. The van der Waals surface area contributed by atoms with Crippen LogP contribution in [0.4, 0.5) is 23.7 Å². The number of carbonyl (C=O) groups is 1. The summed E-state index contributed by atoms with van der Waals surface area (Å²) in [6.07, 6.45) is -4.69. The molecule has 0 unspecified atom stereocenters. The van der Waals surface area contributed by atoms with Gasteiger partial charge in [-0.2, -0.15) is 13.2 Å². The number of carbonyl (C=O) groups excluding carboxylic acids is 1. The van der Waals surface area contributed by atoms with Crippen LogP contribution in [0.5, 0.6) is 0 Å². The smallest absolute Gasteiger partial charge is 0.382 e. The Labute approximate surface area is 136 Å². The Morgan fingerprint density at radius 2 is 2.17 bits per heavy atom. The number of amides is 2. The van der Waals surface area contributed by atoms with Crippen LogP contribution in [0.3, 0.4) is 0 Å². The second-order valence-corrected chi connectivity index (χ2v) is 5.77. The molecule has 0 aromatic carbocycles. The monoisotopic (exact) mass is 347 g/mol. The van der Waals surface area contributed by atoms with Crippen LogP contribution in [0.25, 0.3) is 0 Å². The van der Waals surface area contributed by atoms with Crippen LogP contribution in [0, 0.1) is 0 Å². The largest absolute Gasteiger partial charge is 0.416 e. The van der Waals surface area contributed by atoms with Crippen molar-refractivity contribution < 1.29 is 23.1 Å². The van der Waals surface area contributed by atoms with Crippen LogP contribution in [-0.2, 0) is 6.54 Å². The number of aryl methyl sites for hydroxylation is 1. The Hall–Kier alpha value is -2.03. The lowest BCUT2D eigenvalue weighted by Crippen LogP contribution is -2.50. The SMILES string of the molecule is CCCn1cc(NC(=O)N2CCC[C@@H]2[C@H](O)C(F)(F)F)ccc1=O. The molecular weight excluding hydrogens is 327 g/mol. The first-order valence-corrected chi connectivity index (χ1v) is 7.77. The van der Waals surface area contributed by atoms with Gasteiger partial charge in [-0.3, -0.25) is 4.79 Å². The van der Waals surface area contributed by atoms with Crippen LogP contribution >= 0.6 is 0 Å². The molecule has 0 saturated carbocycles. The number of alkyl halides is 3. The van der Waals surface area contributed by atoms with Gasteiger partial charge in [-0.1, -0.05) is 6.92 Å². The number of anilines is 1. The number of aliphatic hydroxyl groups excluding tert-OH is 1. The summed E-state index contributed by atoms with van der Waals surface area (Å²) >= 11 is 0. The zero-order chi connectivity index (χ0) is 17.9. The molecule has 24 heavy (non-hydrogen) atoms. The van der Waals surface area contributed by atoms with E-state index in [-0.39, 0.29) is 18.5 Å². The van der Waals surface area contributed by atoms with Crippen LogP contribution in [-0.4, -0.2) is 45.5 Å². The third-order valence-electron chi connectivity index (χ3n) is 3.96. The summed E-state index contributed by atoms with van der Waals surface area (Å²) in [5.74, 6) is 0. The van der Waals surface area contributed by atoms with Gasteiger partial charge in [0.25, 0.3) is 5.56 Å². The van der Waals surface area contributed by atoms with Crippen molar-refractivity contribution in [1.29, 1.82) is 0 Å². The van der Waals surface area contributed by atoms with E-state index in [0.717, 1.165) is 11.3 Å². The highest BCUT2D eigenvalue weighted by molar-refractivity contribution is 5.89. The van der Waals surface area contributed by atoms with Gasteiger partial charge in [0.1, 0.15) is 0 Å². The van der Waals surface area contributed by atoms with Gasteiger partial charge in [0, 0.05) is 25.4 Å². The van der Waals surface area contributed by atoms with E-state index in [1.54, 1.807) is 0 Å². The highest BCUT2D eigenvalue weighted by atomic mass is 19.4. The minimum atomic E-state index is -4.78. The Balaban J connectivity index is 2.11. The quantitative estimate of drug-likeness (QED) is 0.877. The van der Waals surface area contributed by atoms with Gasteiger partial charge in [0.2, 0.25) is 0 Å². The van der Waals surface area contributed by atoms with E-state index in [0.29, 0.717) is 18.7 Å². The average Bonchev–Trinajstić information content (AvgIpc) is 2.98. The van der Waals surface area contributed by atoms with Crippen LogP contribution < -0.4 is 10.9 Å². The molecule has 1 aromatic heterocycles. The van der Waals surface area contributed by atoms with Gasteiger partial charge in [0.15, 0.2) is 6.10 Å². The maximum absolute atomic E-state index is 12.7. The molecule has 9 heteroatoms. The van der Waals surface area contributed by atoms with Crippen molar-refractivity contribution in [3.63, 3.8) is 0 Å². The molecule has 1 fully saturated rings. The first-order chi connectivity index (χ1) is 11.2. The molecule has 0 spiro atoms. The summed E-state index contributed by atoms with van der Waals surface area (Å²) in [6, 6.07) is 0.670. The van der Waals surface area contributed by atoms with Crippen molar-refractivity contribution in [2.75, 3.05) is 11.9 Å². The molecule has 0 bridgehead atoms. The van der Waals surface area contributed by atoms with Crippen LogP contribution in [0.1, 0.15) is 26.2 Å². The number of hydrogen-bond acceptors (Lipinski definition) is 3. The fourth-order valence-corrected chi connectivity index (χ4v) is 2.81. The second-order valence-electron chi connectivity index (χ2n) is 5.77. The molecule has 0 radical (unpaired) electrons. The highest BCUT2D eigenvalue weighted by Gasteiger charge is 2.48. The van der Waals surface area contributed by atoms with E-state index in [1.807, 2.05) is 6.92 Å². The van der Waals surface area contributed by atoms with E-state index in [9.17, 15) is 27.9 Å². The maximum atomic E-state index is 12.7. The van der Waals surface area contributed by atoms with Crippen molar-refractivity contribution in [1.82, 2.24) is 9.47 Å². The lowest BCUT2D eigenvalue weighted by atomic mass is 10.1. The summed E-state index contributed by atoms with van der Waals surface area (Å²) in [4.78, 5) is 24.9. The molecule has 1 saturated heterocycles. The summed E-state index contributed by atoms with van der Waals surface area (Å²) in [5.41, 5.74) is 0.0987. The van der Waals surface area contributed by atoms with Crippen molar-refractivity contribution in [3.8, 4) is 0 Å². The summed E-state index contributed by atoms with van der Waals surface area (Å²) in [6.45, 7) is 2.50. The number of aromatic nitrogens is 1. The number of nitrogens with zero attached hydrogens (tertiary/aromatic N) is 2. The number of pyridine rings is 1. The molecule has 2 amide bonds. The Morgan fingerprint density at radius 1 is 1.46 bits per heavy atom. The molecule has 1 aromatic rings. The number of nitrogens with one attached hydrogen (secondary N) is 1. The minimum Gasteiger partial charge on any atom is -0.382 e. The van der Waals surface area contributed by atoms with Crippen LogP contribution in [0.15, 0.2) is 23.1 Å². The van der Waals surface area contributed by atoms with Gasteiger partial charge < -0.3 is 19.9 Å². The highest BCUT2D eigenvalue weighted by Crippen LogP contribution is 2.30. The maximum Gasteiger partial charge on any atom is 0.416 e. The first-order valence-electron chi connectivity index (χ1n) is 7.77. The molecule has 134 valence electrons. The van der Waals surface area contributed by atoms with E-state index in [4.69, 9.17) is 0 Å². The van der Waals surface area contributed by atoms with Crippen LogP contribution in [0.2, 0.25) is 0 Å². The molecular formula is C15H20F3N3O3. The molecule has 2 heterocycles. The molecule has 2 rings (SSSR count). The lowest BCUT2D eigenvalue weighted by molar-refractivity contribution is -0.216. The third kappa shape index (κ3) is 4.08. The Kier molecular flexibility index (Phi) is 5.53. The van der Waals surface area contributed by atoms with Crippen molar-refractivity contribution in [3.05, 3.63) is 28.7 Å². The first kappa shape index (κ1) is 18.3.